The Morgan fingerprint density at radius 3 is 2.41 bits per heavy atom. The molecule has 1 aromatic heterocycles. The maximum atomic E-state index is 12.3. The number of nitrogens with zero attached hydrogens (tertiary/aromatic N) is 1. The molecular weight excluding hydrogens is 282 g/mol. The molecule has 114 valence electrons. The van der Waals surface area contributed by atoms with Crippen LogP contribution < -0.4 is 0 Å². The number of likely N-dealkylation sites (tertiary alicyclic amines) is 1. The Bertz CT molecular complexity index is 669. The van der Waals surface area contributed by atoms with Crippen LogP contribution in [0.3, 0.4) is 0 Å². The lowest BCUT2D eigenvalue weighted by atomic mass is 9.89. The number of hydrogen-bond donors (Lipinski definition) is 1. The highest BCUT2D eigenvalue weighted by Gasteiger charge is 2.26. The van der Waals surface area contributed by atoms with E-state index in [0.29, 0.717) is 19.0 Å². The predicted molar refractivity (Wildman–Crippen MR) is 80.0 cm³/mol. The summed E-state index contributed by atoms with van der Waals surface area (Å²) in [4.78, 5) is 24.9. The minimum atomic E-state index is -1.09. The Morgan fingerprint density at radius 1 is 1.14 bits per heavy atom. The van der Waals surface area contributed by atoms with E-state index in [-0.39, 0.29) is 17.2 Å². The molecule has 1 N–H and O–H groups in total. The monoisotopic (exact) mass is 299 g/mol. The molecule has 0 atom stereocenters. The number of carboxylic acids is 1. The number of carbonyl (C=O) groups excluding carboxylic acids is 1. The van der Waals surface area contributed by atoms with Crippen LogP contribution in [0.1, 0.15) is 45.2 Å². The molecule has 1 fully saturated rings. The predicted octanol–water partition coefficient (Wildman–Crippen LogP) is 3.00. The zero-order valence-electron chi connectivity index (χ0n) is 12.1. The molecule has 5 heteroatoms. The molecule has 0 radical (unpaired) electrons. The van der Waals surface area contributed by atoms with Gasteiger partial charge in [0.05, 0.1) is 5.56 Å². The molecule has 1 aliphatic rings. The van der Waals surface area contributed by atoms with Crippen LogP contribution in [-0.4, -0.2) is 35.0 Å². The highest BCUT2D eigenvalue weighted by Crippen LogP contribution is 2.28. The fraction of sp³-hybridized carbons (Fsp3) is 0.294. The third-order valence-electron chi connectivity index (χ3n) is 4.11. The molecule has 2 heterocycles. The number of benzene rings is 1. The Morgan fingerprint density at radius 2 is 1.82 bits per heavy atom. The van der Waals surface area contributed by atoms with Crippen LogP contribution in [0.15, 0.2) is 47.1 Å². The lowest BCUT2D eigenvalue weighted by Crippen LogP contribution is -2.37. The maximum Gasteiger partial charge on any atom is 0.338 e. The molecule has 0 aliphatic carbocycles. The topological polar surface area (TPSA) is 70.7 Å². The van der Waals surface area contributed by atoms with Crippen molar-refractivity contribution in [2.75, 3.05) is 13.1 Å². The molecule has 1 aromatic carbocycles. The van der Waals surface area contributed by atoms with E-state index >= 15 is 0 Å². The van der Waals surface area contributed by atoms with Crippen molar-refractivity contribution < 1.29 is 19.1 Å². The molecule has 0 unspecified atom stereocenters. The molecule has 1 saturated heterocycles. The van der Waals surface area contributed by atoms with Crippen molar-refractivity contribution in [1.82, 2.24) is 4.90 Å². The summed E-state index contributed by atoms with van der Waals surface area (Å²) >= 11 is 0. The summed E-state index contributed by atoms with van der Waals surface area (Å²) in [5, 5.41) is 8.87. The van der Waals surface area contributed by atoms with Gasteiger partial charge in [-0.25, -0.2) is 4.79 Å². The van der Waals surface area contributed by atoms with Crippen molar-refractivity contribution in [3.05, 3.63) is 59.5 Å². The van der Waals surface area contributed by atoms with Gasteiger partial charge < -0.3 is 14.4 Å². The zero-order chi connectivity index (χ0) is 15.5. The molecule has 5 nitrogen and oxygen atoms in total. The Balaban J connectivity index is 1.63. The van der Waals surface area contributed by atoms with Crippen LogP contribution in [0.5, 0.6) is 0 Å². The molecule has 1 amide bonds. The number of carboxylic acid groups (broad SMARTS) is 1. The first-order valence-electron chi connectivity index (χ1n) is 7.31. The fourth-order valence-electron chi connectivity index (χ4n) is 2.86. The van der Waals surface area contributed by atoms with E-state index < -0.39 is 5.97 Å². The summed E-state index contributed by atoms with van der Waals surface area (Å²) in [6.07, 6.45) is 2.91. The molecule has 0 saturated carbocycles. The number of amides is 1. The second-order valence-electron chi connectivity index (χ2n) is 5.48. The van der Waals surface area contributed by atoms with Gasteiger partial charge in [-0.1, -0.05) is 30.3 Å². The summed E-state index contributed by atoms with van der Waals surface area (Å²) in [6, 6.07) is 11.6. The first kappa shape index (κ1) is 14.4. The van der Waals surface area contributed by atoms with Gasteiger partial charge in [-0.15, -0.1) is 0 Å². The van der Waals surface area contributed by atoms with Gasteiger partial charge in [0.1, 0.15) is 6.26 Å². The molecule has 3 rings (SSSR count). The average molecular weight is 299 g/mol. The van der Waals surface area contributed by atoms with Crippen LogP contribution in [0.25, 0.3) is 0 Å². The third-order valence-corrected chi connectivity index (χ3v) is 4.11. The van der Waals surface area contributed by atoms with Gasteiger partial charge in [0.2, 0.25) is 0 Å². The van der Waals surface area contributed by atoms with Crippen molar-refractivity contribution in [3.8, 4) is 0 Å². The van der Waals surface area contributed by atoms with Crippen LogP contribution in [-0.2, 0) is 0 Å². The highest BCUT2D eigenvalue weighted by molar-refractivity contribution is 5.95. The second kappa shape index (κ2) is 6.05. The molecule has 2 aromatic rings. The lowest BCUT2D eigenvalue weighted by molar-refractivity contribution is 0.0677. The van der Waals surface area contributed by atoms with E-state index in [1.54, 1.807) is 4.90 Å². The van der Waals surface area contributed by atoms with E-state index in [0.717, 1.165) is 19.1 Å². The van der Waals surface area contributed by atoms with Gasteiger partial charge in [0, 0.05) is 19.2 Å². The summed E-state index contributed by atoms with van der Waals surface area (Å²) in [6.45, 7) is 1.31. The highest BCUT2D eigenvalue weighted by atomic mass is 16.4. The summed E-state index contributed by atoms with van der Waals surface area (Å²) in [7, 11) is 0. The summed E-state index contributed by atoms with van der Waals surface area (Å²) in [5.41, 5.74) is 1.31. The van der Waals surface area contributed by atoms with Crippen LogP contribution in [0.4, 0.5) is 0 Å². The zero-order valence-corrected chi connectivity index (χ0v) is 12.1. The Kier molecular flexibility index (Phi) is 3.96. The molecule has 22 heavy (non-hydrogen) atoms. The van der Waals surface area contributed by atoms with Crippen molar-refractivity contribution in [3.63, 3.8) is 0 Å². The number of piperidine rings is 1. The van der Waals surface area contributed by atoms with Crippen LogP contribution in [0, 0.1) is 0 Å². The van der Waals surface area contributed by atoms with Crippen LogP contribution >= 0.6 is 0 Å². The quantitative estimate of drug-likeness (QED) is 0.945. The molecular formula is C17H17NO4. The summed E-state index contributed by atoms with van der Waals surface area (Å²) in [5.74, 6) is -0.767. The number of aromatic carboxylic acids is 1. The minimum absolute atomic E-state index is 0.00233. The lowest BCUT2D eigenvalue weighted by Gasteiger charge is -2.31. The fourth-order valence-corrected chi connectivity index (χ4v) is 2.86. The largest absolute Gasteiger partial charge is 0.478 e. The van der Waals surface area contributed by atoms with E-state index in [4.69, 9.17) is 9.52 Å². The van der Waals surface area contributed by atoms with Gasteiger partial charge in [-0.05, 0) is 24.3 Å². The van der Waals surface area contributed by atoms with E-state index in [1.807, 2.05) is 18.2 Å². The van der Waals surface area contributed by atoms with Gasteiger partial charge >= 0.3 is 5.97 Å². The average Bonchev–Trinajstić information content (AvgIpc) is 3.05. The van der Waals surface area contributed by atoms with E-state index in [2.05, 4.69) is 12.1 Å². The number of hydrogen-bond acceptors (Lipinski definition) is 3. The first-order valence-corrected chi connectivity index (χ1v) is 7.31. The van der Waals surface area contributed by atoms with Gasteiger partial charge in [-0.2, -0.15) is 0 Å². The summed E-state index contributed by atoms with van der Waals surface area (Å²) < 4.78 is 5.08. The normalized spacial score (nSPS) is 15.7. The van der Waals surface area contributed by atoms with E-state index in [9.17, 15) is 9.59 Å². The maximum absolute atomic E-state index is 12.3. The molecule has 0 bridgehead atoms. The number of rotatable bonds is 3. The molecule has 1 aliphatic heterocycles. The van der Waals surface area contributed by atoms with Crippen molar-refractivity contribution in [1.29, 1.82) is 0 Å². The van der Waals surface area contributed by atoms with Crippen molar-refractivity contribution >= 4 is 11.9 Å². The van der Waals surface area contributed by atoms with Crippen LogP contribution in [0.2, 0.25) is 0 Å². The Hall–Kier alpha value is -2.56. The standard InChI is InChI=1S/C17H17NO4/c19-16(15-10-14(11-22-15)17(20)21)18-8-6-13(7-9-18)12-4-2-1-3-5-12/h1-5,10-11,13H,6-9H2,(H,20,21). The van der Waals surface area contributed by atoms with Gasteiger partial charge in [0.15, 0.2) is 5.76 Å². The smallest absolute Gasteiger partial charge is 0.338 e. The van der Waals surface area contributed by atoms with Gasteiger partial charge in [0.25, 0.3) is 5.91 Å². The SMILES string of the molecule is O=C(O)c1coc(C(=O)N2CCC(c3ccccc3)CC2)c1. The number of furan rings is 1. The van der Waals surface area contributed by atoms with Crippen molar-refractivity contribution in [2.24, 2.45) is 0 Å². The minimum Gasteiger partial charge on any atom is -0.478 e. The van der Waals surface area contributed by atoms with Crippen molar-refractivity contribution in [2.45, 2.75) is 18.8 Å². The van der Waals surface area contributed by atoms with E-state index in [1.165, 1.54) is 11.6 Å². The molecule has 0 spiro atoms. The first-order chi connectivity index (χ1) is 10.6. The Labute approximate surface area is 128 Å². The van der Waals surface area contributed by atoms with Gasteiger partial charge in [-0.3, -0.25) is 4.79 Å². The number of carbonyl (C=O) groups is 2. The second-order valence-corrected chi connectivity index (χ2v) is 5.48. The third kappa shape index (κ3) is 2.88.